The molecule has 1 N–H and O–H groups in total. The van der Waals surface area contributed by atoms with Crippen molar-refractivity contribution in [3.63, 3.8) is 0 Å². The molecule has 1 aliphatic carbocycles. The first-order chi connectivity index (χ1) is 9.06. The highest BCUT2D eigenvalue weighted by Crippen LogP contribution is 2.34. The molecule has 0 bridgehead atoms. The predicted molar refractivity (Wildman–Crippen MR) is 83.6 cm³/mol. The van der Waals surface area contributed by atoms with Gasteiger partial charge in [-0.1, -0.05) is 52.0 Å². The minimum absolute atomic E-state index is 0.688. The van der Waals surface area contributed by atoms with Crippen molar-refractivity contribution in [3.05, 3.63) is 35.4 Å². The molecule has 1 nitrogen and oxygen atoms in total. The van der Waals surface area contributed by atoms with E-state index < -0.39 is 0 Å². The van der Waals surface area contributed by atoms with Gasteiger partial charge in [-0.3, -0.25) is 0 Å². The lowest BCUT2D eigenvalue weighted by Gasteiger charge is -2.32. The summed E-state index contributed by atoms with van der Waals surface area (Å²) in [7, 11) is 0. The fourth-order valence-electron chi connectivity index (χ4n) is 3.25. The first-order valence-electron chi connectivity index (χ1n) is 7.87. The molecule has 1 aromatic carbocycles. The summed E-state index contributed by atoms with van der Waals surface area (Å²) in [4.78, 5) is 0. The Kier molecular flexibility index (Phi) is 5.04. The first kappa shape index (κ1) is 14.6. The Morgan fingerprint density at radius 3 is 2.26 bits per heavy atom. The number of nitrogens with one attached hydrogen (secondary N) is 1. The van der Waals surface area contributed by atoms with Crippen LogP contribution in [0.4, 0.5) is 0 Å². The average molecular weight is 259 g/mol. The van der Waals surface area contributed by atoms with Gasteiger partial charge in [-0.2, -0.15) is 0 Å². The van der Waals surface area contributed by atoms with Crippen LogP contribution in [0, 0.1) is 11.8 Å². The van der Waals surface area contributed by atoms with E-state index in [1.54, 1.807) is 11.1 Å². The van der Waals surface area contributed by atoms with Gasteiger partial charge in [0.05, 0.1) is 0 Å². The number of hydrogen-bond donors (Lipinski definition) is 1. The summed E-state index contributed by atoms with van der Waals surface area (Å²) in [5.74, 6) is 2.31. The molecule has 1 heteroatoms. The maximum Gasteiger partial charge on any atom is 0.00721 e. The zero-order valence-electron chi connectivity index (χ0n) is 12.9. The number of hydrogen-bond acceptors (Lipinski definition) is 1. The third-order valence-electron chi connectivity index (χ3n) is 4.13. The largest absolute Gasteiger partial charge is 0.313 e. The van der Waals surface area contributed by atoms with Crippen molar-refractivity contribution < 1.29 is 0 Å². The third-order valence-corrected chi connectivity index (χ3v) is 4.13. The van der Waals surface area contributed by atoms with Crippen molar-refractivity contribution in [3.8, 4) is 0 Å². The second-order valence-corrected chi connectivity index (χ2v) is 6.96. The normalized spacial score (nSPS) is 17.9. The van der Waals surface area contributed by atoms with Gasteiger partial charge in [0.25, 0.3) is 0 Å². The fraction of sp³-hybridized carbons (Fsp3) is 0.667. The standard InChI is InChI=1S/C18H29N/c1-13(2)9-17(10-14(3)4)19-12-16-11-15-7-5-6-8-18(15)16/h5-8,13-14,16-17,19H,9-12H2,1-4H3. The molecule has 1 atom stereocenters. The number of benzene rings is 1. The molecule has 0 aromatic heterocycles. The van der Waals surface area contributed by atoms with E-state index in [1.807, 2.05) is 0 Å². The van der Waals surface area contributed by atoms with Crippen molar-refractivity contribution in [1.82, 2.24) is 5.32 Å². The quantitative estimate of drug-likeness (QED) is 0.766. The van der Waals surface area contributed by atoms with Crippen molar-refractivity contribution in [2.24, 2.45) is 11.8 Å². The molecule has 2 rings (SSSR count). The van der Waals surface area contributed by atoms with Gasteiger partial charge in [-0.05, 0) is 42.2 Å². The Morgan fingerprint density at radius 1 is 1.05 bits per heavy atom. The Morgan fingerprint density at radius 2 is 1.68 bits per heavy atom. The summed E-state index contributed by atoms with van der Waals surface area (Å²) in [6.45, 7) is 10.5. The second kappa shape index (κ2) is 6.56. The SMILES string of the molecule is CC(C)CC(CC(C)C)NCC1Cc2ccccc21. The molecule has 1 aliphatic rings. The van der Waals surface area contributed by atoms with E-state index in [-0.39, 0.29) is 0 Å². The highest BCUT2D eigenvalue weighted by Gasteiger charge is 2.25. The van der Waals surface area contributed by atoms with Crippen LogP contribution in [0.25, 0.3) is 0 Å². The van der Waals surface area contributed by atoms with Gasteiger partial charge in [0, 0.05) is 18.5 Å². The topological polar surface area (TPSA) is 12.0 Å². The lowest BCUT2D eigenvalue weighted by atomic mass is 9.77. The van der Waals surface area contributed by atoms with Crippen LogP contribution in [-0.2, 0) is 6.42 Å². The van der Waals surface area contributed by atoms with Crippen LogP contribution in [0.2, 0.25) is 0 Å². The van der Waals surface area contributed by atoms with E-state index >= 15 is 0 Å². The highest BCUT2D eigenvalue weighted by atomic mass is 14.9. The molecule has 0 saturated heterocycles. The van der Waals surface area contributed by atoms with Crippen molar-refractivity contribution in [2.45, 2.75) is 58.9 Å². The monoisotopic (exact) mass is 259 g/mol. The van der Waals surface area contributed by atoms with Crippen molar-refractivity contribution >= 4 is 0 Å². The van der Waals surface area contributed by atoms with Crippen LogP contribution in [0.3, 0.4) is 0 Å². The Balaban J connectivity index is 1.83. The summed E-state index contributed by atoms with van der Waals surface area (Å²) < 4.78 is 0. The van der Waals surface area contributed by atoms with Gasteiger partial charge in [0.2, 0.25) is 0 Å². The van der Waals surface area contributed by atoms with Gasteiger partial charge in [0.1, 0.15) is 0 Å². The molecule has 0 radical (unpaired) electrons. The molecule has 0 amide bonds. The molecule has 1 unspecified atom stereocenters. The van der Waals surface area contributed by atoms with Crippen LogP contribution in [-0.4, -0.2) is 12.6 Å². The summed E-state index contributed by atoms with van der Waals surface area (Å²) in [6, 6.07) is 9.58. The Labute approximate surface area is 118 Å². The van der Waals surface area contributed by atoms with E-state index in [9.17, 15) is 0 Å². The van der Waals surface area contributed by atoms with Gasteiger partial charge < -0.3 is 5.32 Å². The summed E-state index contributed by atoms with van der Waals surface area (Å²) in [5, 5.41) is 3.83. The smallest absolute Gasteiger partial charge is 0.00721 e. The van der Waals surface area contributed by atoms with E-state index in [4.69, 9.17) is 0 Å². The second-order valence-electron chi connectivity index (χ2n) is 6.96. The average Bonchev–Trinajstić information content (AvgIpc) is 2.28. The van der Waals surface area contributed by atoms with Crippen LogP contribution in [0.1, 0.15) is 57.6 Å². The molecule has 0 heterocycles. The summed E-state index contributed by atoms with van der Waals surface area (Å²) in [5.41, 5.74) is 3.13. The van der Waals surface area contributed by atoms with Crippen LogP contribution >= 0.6 is 0 Å². The third kappa shape index (κ3) is 4.07. The molecular weight excluding hydrogens is 230 g/mol. The Hall–Kier alpha value is -0.820. The van der Waals surface area contributed by atoms with E-state index in [2.05, 4.69) is 57.3 Å². The maximum absolute atomic E-state index is 3.83. The molecule has 0 saturated carbocycles. The van der Waals surface area contributed by atoms with E-state index in [0.29, 0.717) is 6.04 Å². The summed E-state index contributed by atoms with van der Waals surface area (Å²) >= 11 is 0. The zero-order chi connectivity index (χ0) is 13.8. The molecule has 19 heavy (non-hydrogen) atoms. The van der Waals surface area contributed by atoms with Crippen LogP contribution < -0.4 is 5.32 Å². The molecule has 0 fully saturated rings. The molecule has 1 aromatic rings. The molecule has 106 valence electrons. The Bertz CT molecular complexity index is 384. The zero-order valence-corrected chi connectivity index (χ0v) is 12.9. The van der Waals surface area contributed by atoms with Gasteiger partial charge >= 0.3 is 0 Å². The molecule has 0 aliphatic heterocycles. The minimum Gasteiger partial charge on any atom is -0.313 e. The highest BCUT2D eigenvalue weighted by molar-refractivity contribution is 5.40. The van der Waals surface area contributed by atoms with E-state index in [0.717, 1.165) is 24.3 Å². The van der Waals surface area contributed by atoms with Crippen molar-refractivity contribution in [2.75, 3.05) is 6.54 Å². The van der Waals surface area contributed by atoms with Crippen LogP contribution in [0.15, 0.2) is 24.3 Å². The molecule has 0 spiro atoms. The minimum atomic E-state index is 0.688. The number of rotatable bonds is 7. The van der Waals surface area contributed by atoms with Crippen molar-refractivity contribution in [1.29, 1.82) is 0 Å². The summed E-state index contributed by atoms with van der Waals surface area (Å²) in [6.07, 6.45) is 3.86. The lowest BCUT2D eigenvalue weighted by Crippen LogP contribution is -2.37. The number of fused-ring (bicyclic) bond motifs is 1. The fourth-order valence-corrected chi connectivity index (χ4v) is 3.25. The maximum atomic E-state index is 3.83. The van der Waals surface area contributed by atoms with Gasteiger partial charge in [-0.25, -0.2) is 0 Å². The van der Waals surface area contributed by atoms with Crippen LogP contribution in [0.5, 0.6) is 0 Å². The van der Waals surface area contributed by atoms with Gasteiger partial charge in [0.15, 0.2) is 0 Å². The first-order valence-corrected chi connectivity index (χ1v) is 7.87. The predicted octanol–water partition coefficient (Wildman–Crippen LogP) is 4.38. The van der Waals surface area contributed by atoms with Gasteiger partial charge in [-0.15, -0.1) is 0 Å². The molecular formula is C18H29N. The lowest BCUT2D eigenvalue weighted by molar-refractivity contribution is 0.347. The van der Waals surface area contributed by atoms with E-state index in [1.165, 1.54) is 19.3 Å².